The van der Waals surface area contributed by atoms with Crippen LogP contribution in [-0.2, 0) is 11.3 Å². The van der Waals surface area contributed by atoms with Crippen LogP contribution >= 0.6 is 11.6 Å². The van der Waals surface area contributed by atoms with Crippen LogP contribution in [0.1, 0.15) is 37.6 Å². The summed E-state index contributed by atoms with van der Waals surface area (Å²) in [7, 11) is 0. The molecule has 1 aromatic carbocycles. The Bertz CT molecular complexity index is 602. The van der Waals surface area contributed by atoms with Crippen LogP contribution < -0.4 is 4.74 Å². The highest BCUT2D eigenvalue weighted by Gasteiger charge is 2.17. The molecule has 2 rings (SSSR count). The lowest BCUT2D eigenvalue weighted by molar-refractivity contribution is 0.451. The van der Waals surface area contributed by atoms with Crippen molar-refractivity contribution < 1.29 is 4.74 Å². The van der Waals surface area contributed by atoms with Gasteiger partial charge in [-0.15, -0.1) is 11.6 Å². The fraction of sp³-hybridized carbons (Fsp3) is 0.353. The van der Waals surface area contributed by atoms with Crippen molar-refractivity contribution in [3.8, 4) is 11.6 Å². The summed E-state index contributed by atoms with van der Waals surface area (Å²) in [5.41, 5.74) is 3.13. The van der Waals surface area contributed by atoms with E-state index in [0.29, 0.717) is 11.8 Å². The van der Waals surface area contributed by atoms with Gasteiger partial charge in [0.15, 0.2) is 0 Å². The molecule has 0 atom stereocenters. The van der Waals surface area contributed by atoms with E-state index in [4.69, 9.17) is 16.3 Å². The van der Waals surface area contributed by atoms with Crippen molar-refractivity contribution in [2.24, 2.45) is 0 Å². The van der Waals surface area contributed by atoms with Crippen molar-refractivity contribution >= 4 is 11.6 Å². The average molecular weight is 290 g/mol. The summed E-state index contributed by atoms with van der Waals surface area (Å²) in [5, 5.41) is 0. The molecule has 0 saturated heterocycles. The maximum absolute atomic E-state index is 5.97. The summed E-state index contributed by atoms with van der Waals surface area (Å²) in [6, 6.07) is 11.9. The van der Waals surface area contributed by atoms with E-state index < -0.39 is 0 Å². The molecule has 1 aromatic heterocycles. The molecule has 0 spiro atoms. The van der Waals surface area contributed by atoms with Crippen LogP contribution in [0.25, 0.3) is 0 Å². The van der Waals surface area contributed by atoms with Crippen molar-refractivity contribution in [2.75, 3.05) is 0 Å². The zero-order valence-electron chi connectivity index (χ0n) is 12.4. The number of benzene rings is 1. The van der Waals surface area contributed by atoms with Gasteiger partial charge in [0.05, 0.1) is 5.69 Å². The fourth-order valence-corrected chi connectivity index (χ4v) is 2.03. The topological polar surface area (TPSA) is 22.1 Å². The van der Waals surface area contributed by atoms with Gasteiger partial charge in [-0.2, -0.15) is 0 Å². The van der Waals surface area contributed by atoms with Crippen LogP contribution in [0.2, 0.25) is 0 Å². The lowest BCUT2D eigenvalue weighted by Crippen LogP contribution is -2.14. The maximum Gasteiger partial charge on any atom is 0.219 e. The van der Waals surface area contributed by atoms with Gasteiger partial charge in [-0.05, 0) is 36.2 Å². The molecule has 0 unspecified atom stereocenters. The second-order valence-electron chi connectivity index (χ2n) is 6.00. The average Bonchev–Trinajstić information content (AvgIpc) is 2.37. The largest absolute Gasteiger partial charge is 0.439 e. The standard InChI is InChI=1S/C17H20ClNO/c1-12-6-5-7-14(8-12)20-16-10-13(11-18)9-15(19-16)17(2,3)4/h5-10H,11H2,1-4H3. The minimum Gasteiger partial charge on any atom is -0.439 e. The lowest BCUT2D eigenvalue weighted by Gasteiger charge is -2.19. The van der Waals surface area contributed by atoms with Gasteiger partial charge in [0, 0.05) is 17.4 Å². The summed E-state index contributed by atoms with van der Waals surface area (Å²) >= 11 is 5.97. The smallest absolute Gasteiger partial charge is 0.219 e. The Labute approximate surface area is 125 Å². The van der Waals surface area contributed by atoms with E-state index >= 15 is 0 Å². The lowest BCUT2D eigenvalue weighted by atomic mass is 9.91. The number of hydrogen-bond donors (Lipinski definition) is 0. The molecule has 0 aliphatic carbocycles. The molecule has 0 fully saturated rings. The van der Waals surface area contributed by atoms with Crippen molar-refractivity contribution in [3.05, 3.63) is 53.2 Å². The Balaban J connectivity index is 2.36. The molecule has 106 valence electrons. The van der Waals surface area contributed by atoms with Crippen molar-refractivity contribution in [2.45, 2.75) is 39.0 Å². The molecule has 0 radical (unpaired) electrons. The number of ether oxygens (including phenoxy) is 1. The first kappa shape index (κ1) is 14.9. The Morgan fingerprint density at radius 1 is 1.15 bits per heavy atom. The van der Waals surface area contributed by atoms with Crippen molar-refractivity contribution in [1.29, 1.82) is 0 Å². The number of hydrogen-bond acceptors (Lipinski definition) is 2. The van der Waals surface area contributed by atoms with Gasteiger partial charge < -0.3 is 4.74 Å². The fourth-order valence-electron chi connectivity index (χ4n) is 1.87. The van der Waals surface area contributed by atoms with Crippen LogP contribution in [0.15, 0.2) is 36.4 Å². The second-order valence-corrected chi connectivity index (χ2v) is 6.27. The Morgan fingerprint density at radius 2 is 1.90 bits per heavy atom. The first-order valence-corrected chi connectivity index (χ1v) is 7.24. The molecule has 20 heavy (non-hydrogen) atoms. The Kier molecular flexibility index (Phi) is 4.34. The van der Waals surface area contributed by atoms with Crippen LogP contribution in [-0.4, -0.2) is 4.98 Å². The molecule has 0 amide bonds. The summed E-state index contributed by atoms with van der Waals surface area (Å²) in [5.74, 6) is 1.85. The van der Waals surface area contributed by atoms with Crippen molar-refractivity contribution in [1.82, 2.24) is 4.98 Å². The van der Waals surface area contributed by atoms with Crippen LogP contribution in [0.3, 0.4) is 0 Å². The summed E-state index contributed by atoms with van der Waals surface area (Å²) in [6.07, 6.45) is 0. The van der Waals surface area contributed by atoms with Gasteiger partial charge in [-0.25, -0.2) is 4.98 Å². The SMILES string of the molecule is Cc1cccc(Oc2cc(CCl)cc(C(C)(C)C)n2)c1. The highest BCUT2D eigenvalue weighted by Crippen LogP contribution is 2.27. The first-order chi connectivity index (χ1) is 9.38. The number of aryl methyl sites for hydroxylation is 1. The number of alkyl halides is 1. The number of halogens is 1. The minimum atomic E-state index is -0.0349. The minimum absolute atomic E-state index is 0.0349. The molecular formula is C17H20ClNO. The summed E-state index contributed by atoms with van der Waals surface area (Å²) in [4.78, 5) is 4.60. The molecule has 2 nitrogen and oxygen atoms in total. The predicted molar refractivity (Wildman–Crippen MR) is 83.7 cm³/mol. The van der Waals surface area contributed by atoms with Gasteiger partial charge in [0.25, 0.3) is 0 Å². The van der Waals surface area contributed by atoms with E-state index in [-0.39, 0.29) is 5.41 Å². The van der Waals surface area contributed by atoms with Gasteiger partial charge in [0.1, 0.15) is 5.75 Å². The van der Waals surface area contributed by atoms with E-state index in [0.717, 1.165) is 22.6 Å². The van der Waals surface area contributed by atoms with Crippen molar-refractivity contribution in [3.63, 3.8) is 0 Å². The van der Waals surface area contributed by atoms with E-state index in [1.807, 2.05) is 43.3 Å². The zero-order valence-corrected chi connectivity index (χ0v) is 13.2. The molecule has 2 aromatic rings. The number of rotatable bonds is 3. The molecular weight excluding hydrogens is 270 g/mol. The van der Waals surface area contributed by atoms with E-state index in [2.05, 4.69) is 25.8 Å². The predicted octanol–water partition coefficient (Wildman–Crippen LogP) is 5.22. The quantitative estimate of drug-likeness (QED) is 0.723. The van der Waals surface area contributed by atoms with Crippen LogP contribution in [0, 0.1) is 6.92 Å². The maximum atomic E-state index is 5.97. The van der Waals surface area contributed by atoms with Gasteiger partial charge in [-0.1, -0.05) is 32.9 Å². The molecule has 0 saturated carbocycles. The number of pyridine rings is 1. The third-order valence-corrected chi connectivity index (χ3v) is 3.30. The molecule has 1 heterocycles. The second kappa shape index (κ2) is 5.84. The van der Waals surface area contributed by atoms with Gasteiger partial charge >= 0.3 is 0 Å². The first-order valence-electron chi connectivity index (χ1n) is 6.70. The molecule has 3 heteroatoms. The highest BCUT2D eigenvalue weighted by atomic mass is 35.5. The highest BCUT2D eigenvalue weighted by molar-refractivity contribution is 6.17. The third-order valence-electron chi connectivity index (χ3n) is 3.00. The Morgan fingerprint density at radius 3 is 2.50 bits per heavy atom. The number of nitrogens with zero attached hydrogens (tertiary/aromatic N) is 1. The zero-order chi connectivity index (χ0) is 14.8. The molecule has 0 aliphatic rings. The van der Waals surface area contributed by atoms with Gasteiger partial charge in [0.2, 0.25) is 5.88 Å². The van der Waals surface area contributed by atoms with Crippen LogP contribution in [0.5, 0.6) is 11.6 Å². The van der Waals surface area contributed by atoms with Gasteiger partial charge in [-0.3, -0.25) is 0 Å². The molecule has 0 bridgehead atoms. The van der Waals surface area contributed by atoms with E-state index in [9.17, 15) is 0 Å². The third kappa shape index (κ3) is 3.73. The Hall–Kier alpha value is -1.54. The number of aromatic nitrogens is 1. The summed E-state index contributed by atoms with van der Waals surface area (Å²) < 4.78 is 5.87. The molecule has 0 aliphatic heterocycles. The van der Waals surface area contributed by atoms with E-state index in [1.165, 1.54) is 0 Å². The monoisotopic (exact) mass is 289 g/mol. The van der Waals surface area contributed by atoms with Crippen LogP contribution in [0.4, 0.5) is 0 Å². The molecule has 0 N–H and O–H groups in total. The summed E-state index contributed by atoms with van der Waals surface area (Å²) in [6.45, 7) is 8.42. The normalized spacial score (nSPS) is 11.4. The van der Waals surface area contributed by atoms with E-state index in [1.54, 1.807) is 0 Å².